The van der Waals surface area contributed by atoms with Gasteiger partial charge in [-0.2, -0.15) is 0 Å². The number of piperidine rings is 1. The van der Waals surface area contributed by atoms with Gasteiger partial charge in [0.25, 0.3) is 0 Å². The van der Waals surface area contributed by atoms with E-state index in [1.54, 1.807) is 0 Å². The molecule has 0 aliphatic carbocycles. The predicted octanol–water partition coefficient (Wildman–Crippen LogP) is 0.974. The molecule has 0 aromatic rings. The number of carboxylic acids is 1. The molecule has 1 aliphatic rings. The number of urea groups is 1. The summed E-state index contributed by atoms with van der Waals surface area (Å²) >= 11 is 0. The van der Waals surface area contributed by atoms with E-state index in [-0.39, 0.29) is 12.1 Å². The number of hydrogen-bond donors (Lipinski definition) is 2. The molecule has 6 nitrogen and oxygen atoms in total. The lowest BCUT2D eigenvalue weighted by Gasteiger charge is -2.37. The molecule has 0 radical (unpaired) electrons. The quantitative estimate of drug-likeness (QED) is 0.802. The number of nitrogens with zero attached hydrogens (tertiary/aromatic N) is 2. The molecule has 1 rings (SSSR count). The molecule has 2 atom stereocenters. The fourth-order valence-electron chi connectivity index (χ4n) is 2.09. The van der Waals surface area contributed by atoms with Crippen LogP contribution >= 0.6 is 0 Å². The second-order valence-corrected chi connectivity index (χ2v) is 5.92. The van der Waals surface area contributed by atoms with Gasteiger partial charge in [-0.1, -0.05) is 0 Å². The number of amides is 2. The second-order valence-electron chi connectivity index (χ2n) is 5.92. The van der Waals surface area contributed by atoms with Gasteiger partial charge in [-0.15, -0.1) is 0 Å². The van der Waals surface area contributed by atoms with Crippen LogP contribution in [0.15, 0.2) is 0 Å². The van der Waals surface area contributed by atoms with Crippen LogP contribution in [0.2, 0.25) is 0 Å². The number of carbonyl (C=O) groups excluding carboxylic acids is 1. The van der Waals surface area contributed by atoms with E-state index < -0.39 is 11.5 Å². The molecule has 2 N–H and O–H groups in total. The van der Waals surface area contributed by atoms with Crippen LogP contribution in [0.4, 0.5) is 4.79 Å². The van der Waals surface area contributed by atoms with E-state index in [4.69, 9.17) is 5.11 Å². The van der Waals surface area contributed by atoms with Crippen molar-refractivity contribution in [3.05, 3.63) is 0 Å². The number of carboxylic acid groups (broad SMARTS) is 1. The zero-order valence-corrected chi connectivity index (χ0v) is 12.4. The number of hydrogen-bond acceptors (Lipinski definition) is 3. The molecular formula is C13H25N3O3. The van der Waals surface area contributed by atoms with E-state index in [1.165, 1.54) is 25.8 Å². The lowest BCUT2D eigenvalue weighted by molar-refractivity contribution is -0.146. The third kappa shape index (κ3) is 3.59. The average molecular weight is 271 g/mol. The third-order valence-electron chi connectivity index (χ3n) is 4.20. The van der Waals surface area contributed by atoms with E-state index in [1.807, 2.05) is 0 Å². The van der Waals surface area contributed by atoms with Gasteiger partial charge >= 0.3 is 12.0 Å². The van der Waals surface area contributed by atoms with Crippen LogP contribution in [0, 0.1) is 0 Å². The van der Waals surface area contributed by atoms with E-state index in [9.17, 15) is 9.59 Å². The molecule has 2 unspecified atom stereocenters. The second kappa shape index (κ2) is 5.77. The molecular weight excluding hydrogens is 246 g/mol. The van der Waals surface area contributed by atoms with Crippen molar-refractivity contribution in [2.24, 2.45) is 0 Å². The Morgan fingerprint density at radius 1 is 1.42 bits per heavy atom. The van der Waals surface area contributed by atoms with Gasteiger partial charge in [-0.05, 0) is 40.7 Å². The Bertz CT molecular complexity index is 357. The summed E-state index contributed by atoms with van der Waals surface area (Å²) in [6.45, 7) is 6.11. The van der Waals surface area contributed by atoms with Crippen molar-refractivity contribution in [3.8, 4) is 0 Å². The molecule has 1 fully saturated rings. The zero-order valence-electron chi connectivity index (χ0n) is 12.4. The molecule has 0 saturated carbocycles. The number of nitrogens with one attached hydrogen (secondary N) is 1. The fraction of sp³-hybridized carbons (Fsp3) is 0.846. The van der Waals surface area contributed by atoms with Crippen molar-refractivity contribution in [1.29, 1.82) is 0 Å². The highest BCUT2D eigenvalue weighted by atomic mass is 16.4. The third-order valence-corrected chi connectivity index (χ3v) is 4.20. The first-order chi connectivity index (χ1) is 8.66. The maximum absolute atomic E-state index is 12.1. The van der Waals surface area contributed by atoms with Gasteiger partial charge in [-0.25, -0.2) is 9.59 Å². The summed E-state index contributed by atoms with van der Waals surface area (Å²) in [6.07, 6.45) is 1.79. The summed E-state index contributed by atoms with van der Waals surface area (Å²) in [5, 5.41) is 12.0. The molecule has 6 heteroatoms. The van der Waals surface area contributed by atoms with Gasteiger partial charge in [-0.3, -0.25) is 0 Å². The molecule has 110 valence electrons. The van der Waals surface area contributed by atoms with Crippen LogP contribution in [0.1, 0.15) is 33.6 Å². The number of carbonyl (C=O) groups is 2. The molecule has 0 spiro atoms. The Morgan fingerprint density at radius 2 is 2.00 bits per heavy atom. The van der Waals surface area contributed by atoms with Crippen molar-refractivity contribution in [2.45, 2.75) is 51.2 Å². The first kappa shape index (κ1) is 15.8. The minimum absolute atomic E-state index is 0.116. The molecule has 0 bridgehead atoms. The maximum Gasteiger partial charge on any atom is 0.329 e. The highest BCUT2D eigenvalue weighted by Gasteiger charge is 2.36. The first-order valence-corrected chi connectivity index (χ1v) is 6.64. The van der Waals surface area contributed by atoms with Gasteiger partial charge in [0, 0.05) is 25.7 Å². The molecule has 2 amide bonds. The molecule has 0 aromatic carbocycles. The number of rotatable bonds is 3. The maximum atomic E-state index is 12.1. The van der Waals surface area contributed by atoms with Crippen LogP contribution in [-0.2, 0) is 4.79 Å². The van der Waals surface area contributed by atoms with Gasteiger partial charge in [0.1, 0.15) is 5.54 Å². The lowest BCUT2D eigenvalue weighted by atomic mass is 9.99. The number of likely N-dealkylation sites (tertiary alicyclic amines) is 1. The Kier molecular flexibility index (Phi) is 4.79. The van der Waals surface area contributed by atoms with Gasteiger partial charge in [0.15, 0.2) is 0 Å². The summed E-state index contributed by atoms with van der Waals surface area (Å²) in [5.74, 6) is -1.01. The van der Waals surface area contributed by atoms with Crippen LogP contribution in [0.25, 0.3) is 0 Å². The SMILES string of the molecule is CC1CC(NC(=O)N(C)C(C)(C)C(=O)O)CCN1C. The largest absolute Gasteiger partial charge is 0.480 e. The van der Waals surface area contributed by atoms with Gasteiger partial charge in [0.2, 0.25) is 0 Å². The summed E-state index contributed by atoms with van der Waals surface area (Å²) in [7, 11) is 3.59. The van der Waals surface area contributed by atoms with Crippen molar-refractivity contribution < 1.29 is 14.7 Å². The molecule has 0 aromatic heterocycles. The summed E-state index contributed by atoms with van der Waals surface area (Å²) in [6, 6.07) is 0.219. The van der Waals surface area contributed by atoms with E-state index >= 15 is 0 Å². The standard InChI is InChI=1S/C13H25N3O3/c1-9-8-10(6-7-15(9)4)14-12(19)16(5)13(2,3)11(17)18/h9-10H,6-8H2,1-5H3,(H,14,19)(H,17,18). The Morgan fingerprint density at radius 3 is 2.47 bits per heavy atom. The minimum Gasteiger partial charge on any atom is -0.480 e. The van der Waals surface area contributed by atoms with Crippen LogP contribution in [0.3, 0.4) is 0 Å². The fourth-order valence-corrected chi connectivity index (χ4v) is 2.09. The lowest BCUT2D eigenvalue weighted by Crippen LogP contribution is -2.57. The molecule has 1 heterocycles. The number of likely N-dealkylation sites (N-methyl/N-ethyl adjacent to an activating group) is 1. The summed E-state index contributed by atoms with van der Waals surface area (Å²) in [4.78, 5) is 26.7. The van der Waals surface area contributed by atoms with Crippen molar-refractivity contribution in [3.63, 3.8) is 0 Å². The van der Waals surface area contributed by atoms with E-state index in [0.29, 0.717) is 6.04 Å². The first-order valence-electron chi connectivity index (χ1n) is 6.64. The highest BCUT2D eigenvalue weighted by Crippen LogP contribution is 2.17. The molecule has 1 aliphatic heterocycles. The monoisotopic (exact) mass is 271 g/mol. The Hall–Kier alpha value is -1.30. The van der Waals surface area contributed by atoms with Crippen molar-refractivity contribution >= 4 is 12.0 Å². The summed E-state index contributed by atoms with van der Waals surface area (Å²) in [5.41, 5.74) is -1.21. The van der Waals surface area contributed by atoms with Gasteiger partial charge in [0.05, 0.1) is 0 Å². The molecule has 1 saturated heterocycles. The Balaban J connectivity index is 2.58. The molecule has 19 heavy (non-hydrogen) atoms. The van der Waals surface area contributed by atoms with Crippen LogP contribution in [0.5, 0.6) is 0 Å². The topological polar surface area (TPSA) is 72.9 Å². The van der Waals surface area contributed by atoms with E-state index in [0.717, 1.165) is 19.4 Å². The highest BCUT2D eigenvalue weighted by molar-refractivity contribution is 5.85. The van der Waals surface area contributed by atoms with Gasteiger partial charge < -0.3 is 20.2 Å². The predicted molar refractivity (Wildman–Crippen MR) is 73.1 cm³/mol. The Labute approximate surface area is 114 Å². The normalized spacial score (nSPS) is 24.9. The van der Waals surface area contributed by atoms with Crippen molar-refractivity contribution in [1.82, 2.24) is 15.1 Å². The number of aliphatic carboxylic acids is 1. The average Bonchev–Trinajstić information content (AvgIpc) is 2.32. The van der Waals surface area contributed by atoms with Crippen LogP contribution < -0.4 is 5.32 Å². The smallest absolute Gasteiger partial charge is 0.329 e. The minimum atomic E-state index is -1.21. The van der Waals surface area contributed by atoms with Crippen LogP contribution in [-0.4, -0.2) is 65.2 Å². The zero-order chi connectivity index (χ0) is 14.8. The van der Waals surface area contributed by atoms with E-state index in [2.05, 4.69) is 24.2 Å². The summed E-state index contributed by atoms with van der Waals surface area (Å²) < 4.78 is 0. The van der Waals surface area contributed by atoms with Crippen molar-refractivity contribution in [2.75, 3.05) is 20.6 Å².